The van der Waals surface area contributed by atoms with Crippen LogP contribution in [-0.4, -0.2) is 36.1 Å². The summed E-state index contributed by atoms with van der Waals surface area (Å²) in [4.78, 5) is 13.1. The first-order valence-electron chi connectivity index (χ1n) is 10.6. The van der Waals surface area contributed by atoms with Crippen molar-refractivity contribution in [2.45, 2.75) is 38.5 Å². The lowest BCUT2D eigenvalue weighted by atomic mass is 9.96. The molecule has 34 heavy (non-hydrogen) atoms. The molecular weight excluding hydrogens is 449 g/mol. The minimum Gasteiger partial charge on any atom is -0.493 e. The molecule has 7 nitrogen and oxygen atoms in total. The van der Waals surface area contributed by atoms with Crippen LogP contribution in [0.25, 0.3) is 0 Å². The summed E-state index contributed by atoms with van der Waals surface area (Å²) in [5.74, 6) is 0.331. The lowest BCUT2D eigenvalue weighted by Gasteiger charge is -2.34. The summed E-state index contributed by atoms with van der Waals surface area (Å²) >= 11 is 0. The highest BCUT2D eigenvalue weighted by atomic mass is 19.4. The van der Waals surface area contributed by atoms with Gasteiger partial charge in [-0.15, -0.1) is 0 Å². The molecule has 2 N–H and O–H groups in total. The van der Waals surface area contributed by atoms with Crippen LogP contribution in [0.2, 0.25) is 0 Å². The Bertz CT molecular complexity index is 1220. The molecule has 1 aromatic heterocycles. The zero-order valence-electron chi connectivity index (χ0n) is 19.2. The molecule has 3 aromatic rings. The van der Waals surface area contributed by atoms with Crippen molar-refractivity contribution in [1.82, 2.24) is 9.78 Å². The largest absolute Gasteiger partial charge is 0.493 e. The average molecular weight is 474 g/mol. The Hall–Kier alpha value is -3.69. The van der Waals surface area contributed by atoms with E-state index in [1.807, 2.05) is 32.0 Å². The van der Waals surface area contributed by atoms with Crippen LogP contribution in [0.5, 0.6) is 11.5 Å². The quantitative estimate of drug-likeness (QED) is 0.516. The highest BCUT2D eigenvalue weighted by Crippen LogP contribution is 2.45. The van der Waals surface area contributed by atoms with E-state index < -0.39 is 24.2 Å². The van der Waals surface area contributed by atoms with E-state index in [1.54, 1.807) is 18.2 Å². The third kappa shape index (κ3) is 4.40. The maximum absolute atomic E-state index is 14.0. The minimum atomic E-state index is -4.56. The first-order valence-corrected chi connectivity index (χ1v) is 10.6. The molecule has 2 atom stereocenters. The van der Waals surface area contributed by atoms with Gasteiger partial charge in [0.05, 0.1) is 26.5 Å². The molecule has 180 valence electrons. The summed E-state index contributed by atoms with van der Waals surface area (Å²) in [6.07, 6.45) is -3.69. The van der Waals surface area contributed by atoms with E-state index in [4.69, 9.17) is 9.47 Å². The topological polar surface area (TPSA) is 77.4 Å². The normalized spacial score (nSPS) is 17.5. The maximum atomic E-state index is 14.0. The van der Waals surface area contributed by atoms with Gasteiger partial charge in [0.2, 0.25) is 0 Å². The van der Waals surface area contributed by atoms with Gasteiger partial charge in [-0.3, -0.25) is 4.79 Å². The van der Waals surface area contributed by atoms with Gasteiger partial charge in [0.25, 0.3) is 5.91 Å². The van der Waals surface area contributed by atoms with E-state index in [0.29, 0.717) is 22.7 Å². The van der Waals surface area contributed by atoms with Crippen molar-refractivity contribution in [3.8, 4) is 11.5 Å². The summed E-state index contributed by atoms with van der Waals surface area (Å²) in [5, 5.41) is 9.81. The van der Waals surface area contributed by atoms with Crippen LogP contribution in [0.1, 0.15) is 45.6 Å². The van der Waals surface area contributed by atoms with E-state index in [9.17, 15) is 18.0 Å². The van der Waals surface area contributed by atoms with Crippen LogP contribution in [0.3, 0.4) is 0 Å². The smallest absolute Gasteiger partial charge is 0.410 e. The first-order chi connectivity index (χ1) is 16.1. The lowest BCUT2D eigenvalue weighted by molar-refractivity contribution is -0.173. The predicted molar refractivity (Wildman–Crippen MR) is 122 cm³/mol. The SMILES string of the molecule is COc1ccc([C@H]2C[C@@H](C(F)(F)F)n3ncc(C(=O)Nc4cc(C)ccc4C)c3N2)cc1OC. The average Bonchev–Trinajstić information content (AvgIpc) is 3.23. The number of hydrogen-bond acceptors (Lipinski definition) is 5. The monoisotopic (exact) mass is 474 g/mol. The number of aryl methyl sites for hydroxylation is 2. The van der Waals surface area contributed by atoms with Gasteiger partial charge in [-0.05, 0) is 48.7 Å². The number of ether oxygens (including phenoxy) is 2. The molecule has 1 aliphatic rings. The van der Waals surface area contributed by atoms with Gasteiger partial charge in [0.15, 0.2) is 17.5 Å². The maximum Gasteiger partial charge on any atom is 0.410 e. The molecule has 4 rings (SSSR count). The number of nitrogens with one attached hydrogen (secondary N) is 2. The standard InChI is InChI=1S/C24H25F3N4O3/c1-13-5-6-14(2)17(9-13)30-23(32)16-12-28-31-21(24(25,26)27)11-18(29-22(16)31)15-7-8-19(33-3)20(10-15)34-4/h5-10,12,18,21,29H,11H2,1-4H3,(H,30,32)/t18-,21+/m1/s1. The van der Waals surface area contributed by atoms with Crippen molar-refractivity contribution < 1.29 is 27.4 Å². The fourth-order valence-corrected chi connectivity index (χ4v) is 4.08. The summed E-state index contributed by atoms with van der Waals surface area (Å²) < 4.78 is 53.4. The Morgan fingerprint density at radius 2 is 1.85 bits per heavy atom. The number of nitrogens with zero attached hydrogens (tertiary/aromatic N) is 2. The van der Waals surface area contributed by atoms with Crippen LogP contribution in [0.15, 0.2) is 42.6 Å². The fourth-order valence-electron chi connectivity index (χ4n) is 4.08. The van der Waals surface area contributed by atoms with Crippen LogP contribution in [0.4, 0.5) is 24.7 Å². The molecule has 0 saturated carbocycles. The van der Waals surface area contributed by atoms with Gasteiger partial charge >= 0.3 is 6.18 Å². The van der Waals surface area contributed by atoms with E-state index in [1.165, 1.54) is 20.4 Å². The van der Waals surface area contributed by atoms with Crippen LogP contribution < -0.4 is 20.1 Å². The van der Waals surface area contributed by atoms with Gasteiger partial charge in [-0.1, -0.05) is 18.2 Å². The molecule has 2 aromatic carbocycles. The van der Waals surface area contributed by atoms with Crippen LogP contribution in [0, 0.1) is 13.8 Å². The fraction of sp³-hybridized carbons (Fsp3) is 0.333. The highest BCUT2D eigenvalue weighted by Gasteiger charge is 2.47. The number of amides is 1. The van der Waals surface area contributed by atoms with E-state index in [0.717, 1.165) is 15.8 Å². The summed E-state index contributed by atoms with van der Waals surface area (Å²) in [6, 6.07) is 7.89. The molecular formula is C24H25F3N4O3. The Morgan fingerprint density at radius 3 is 2.53 bits per heavy atom. The van der Waals surface area contributed by atoms with E-state index in [-0.39, 0.29) is 17.8 Å². The molecule has 0 fully saturated rings. The Balaban J connectivity index is 1.71. The highest BCUT2D eigenvalue weighted by molar-refractivity contribution is 6.08. The predicted octanol–water partition coefficient (Wildman–Crippen LogP) is 5.43. The van der Waals surface area contributed by atoms with Gasteiger partial charge in [-0.25, -0.2) is 4.68 Å². The Morgan fingerprint density at radius 1 is 1.12 bits per heavy atom. The second kappa shape index (κ2) is 8.92. The number of benzene rings is 2. The summed E-state index contributed by atoms with van der Waals surface area (Å²) in [6.45, 7) is 3.73. The lowest BCUT2D eigenvalue weighted by Crippen LogP contribution is -2.36. The van der Waals surface area contributed by atoms with Crippen LogP contribution in [-0.2, 0) is 0 Å². The number of rotatable bonds is 5. The van der Waals surface area contributed by atoms with Crippen molar-refractivity contribution in [2.75, 3.05) is 24.9 Å². The number of carbonyl (C=O) groups is 1. The third-order valence-corrected chi connectivity index (χ3v) is 5.93. The van der Waals surface area contributed by atoms with Crippen LogP contribution >= 0.6 is 0 Å². The number of aromatic nitrogens is 2. The zero-order chi connectivity index (χ0) is 24.6. The van der Waals surface area contributed by atoms with E-state index >= 15 is 0 Å². The number of hydrogen-bond donors (Lipinski definition) is 2. The molecule has 0 spiro atoms. The van der Waals surface area contributed by atoms with Crippen molar-refractivity contribution in [1.29, 1.82) is 0 Å². The molecule has 0 radical (unpaired) electrons. The van der Waals surface area contributed by atoms with E-state index in [2.05, 4.69) is 15.7 Å². The molecule has 2 heterocycles. The second-order valence-corrected chi connectivity index (χ2v) is 8.23. The van der Waals surface area contributed by atoms with Gasteiger partial charge in [0, 0.05) is 12.1 Å². The minimum absolute atomic E-state index is 0.0103. The number of halogens is 3. The number of fused-ring (bicyclic) bond motifs is 1. The molecule has 0 aliphatic carbocycles. The molecule has 0 bridgehead atoms. The van der Waals surface area contributed by atoms with Gasteiger partial charge in [-0.2, -0.15) is 18.3 Å². The number of carbonyl (C=O) groups excluding carboxylic acids is 1. The number of methoxy groups -OCH3 is 2. The van der Waals surface area contributed by atoms with Crippen molar-refractivity contribution >= 4 is 17.4 Å². The van der Waals surface area contributed by atoms with Crippen molar-refractivity contribution in [3.63, 3.8) is 0 Å². The van der Waals surface area contributed by atoms with Crippen molar-refractivity contribution in [2.24, 2.45) is 0 Å². The molecule has 0 unspecified atom stereocenters. The third-order valence-electron chi connectivity index (χ3n) is 5.93. The molecule has 10 heteroatoms. The first kappa shape index (κ1) is 23.5. The molecule has 1 aliphatic heterocycles. The zero-order valence-corrected chi connectivity index (χ0v) is 19.2. The van der Waals surface area contributed by atoms with Gasteiger partial charge < -0.3 is 20.1 Å². The summed E-state index contributed by atoms with van der Waals surface area (Å²) in [5.41, 5.74) is 2.97. The number of anilines is 2. The Labute approximate surface area is 194 Å². The van der Waals surface area contributed by atoms with Crippen molar-refractivity contribution in [3.05, 3.63) is 64.8 Å². The molecule has 0 saturated heterocycles. The summed E-state index contributed by atoms with van der Waals surface area (Å²) in [7, 11) is 2.94. The van der Waals surface area contributed by atoms with Gasteiger partial charge in [0.1, 0.15) is 11.4 Å². The molecule has 1 amide bonds. The Kier molecular flexibility index (Phi) is 6.16. The number of alkyl halides is 3. The second-order valence-electron chi connectivity index (χ2n) is 8.23.